The molecule has 1 N–H and O–H groups in total. The van der Waals surface area contributed by atoms with E-state index in [1.54, 1.807) is 6.07 Å². The fourth-order valence-corrected chi connectivity index (χ4v) is 1.45. The number of aromatic nitrogens is 2. The predicted molar refractivity (Wildman–Crippen MR) is 64.2 cm³/mol. The van der Waals surface area contributed by atoms with E-state index in [1.807, 2.05) is 24.3 Å². The number of benzene rings is 1. The van der Waals surface area contributed by atoms with Crippen LogP contribution in [0.25, 0.3) is 0 Å². The van der Waals surface area contributed by atoms with Gasteiger partial charge in [0.15, 0.2) is 5.82 Å². The van der Waals surface area contributed by atoms with Crippen LogP contribution in [0.1, 0.15) is 5.56 Å². The Morgan fingerprint density at radius 2 is 1.94 bits per heavy atom. The molecule has 2 rings (SSSR count). The van der Waals surface area contributed by atoms with Gasteiger partial charge in [0.2, 0.25) is 0 Å². The lowest BCUT2D eigenvalue weighted by Gasteiger charge is -2.05. The molecule has 5 heteroatoms. The molecule has 16 heavy (non-hydrogen) atoms. The van der Waals surface area contributed by atoms with E-state index in [-0.39, 0.29) is 0 Å². The maximum atomic E-state index is 8.88. The van der Waals surface area contributed by atoms with E-state index in [0.29, 0.717) is 11.4 Å². The summed E-state index contributed by atoms with van der Waals surface area (Å²) in [4.78, 5) is 0. The smallest absolute Gasteiger partial charge is 0.171 e. The quantitative estimate of drug-likeness (QED) is 0.915. The molecule has 0 aliphatic heterocycles. The highest BCUT2D eigenvalue weighted by Gasteiger charge is 2.03. The Morgan fingerprint density at radius 3 is 2.62 bits per heavy atom. The van der Waals surface area contributed by atoms with Crippen molar-refractivity contribution >= 4 is 27.4 Å². The van der Waals surface area contributed by atoms with Gasteiger partial charge < -0.3 is 5.32 Å². The second-order valence-corrected chi connectivity index (χ2v) is 3.95. The Balaban J connectivity index is 2.27. The minimum atomic E-state index is 0.465. The number of nitrogens with one attached hydrogen (secondary N) is 1. The first-order chi connectivity index (χ1) is 7.79. The number of nitriles is 1. The zero-order chi connectivity index (χ0) is 11.4. The van der Waals surface area contributed by atoms with Gasteiger partial charge in [-0.25, -0.2) is 0 Å². The summed E-state index contributed by atoms with van der Waals surface area (Å²) in [7, 11) is 0. The minimum Gasteiger partial charge on any atom is -0.338 e. The molecule has 0 fully saturated rings. The average molecular weight is 275 g/mol. The van der Waals surface area contributed by atoms with Gasteiger partial charge >= 0.3 is 0 Å². The van der Waals surface area contributed by atoms with Crippen molar-refractivity contribution in [1.29, 1.82) is 5.26 Å². The largest absolute Gasteiger partial charge is 0.338 e. The van der Waals surface area contributed by atoms with Crippen molar-refractivity contribution in [3.63, 3.8) is 0 Å². The van der Waals surface area contributed by atoms with E-state index in [0.717, 1.165) is 10.2 Å². The van der Waals surface area contributed by atoms with Gasteiger partial charge in [-0.3, -0.25) is 0 Å². The first-order valence-electron chi connectivity index (χ1n) is 4.54. The molecule has 1 heterocycles. The summed E-state index contributed by atoms with van der Waals surface area (Å²) in [5, 5.41) is 19.5. The molecule has 0 saturated carbocycles. The molecular formula is C11H7BrN4. The molecular weight excluding hydrogens is 268 g/mol. The SMILES string of the molecule is N#Cc1ccnnc1Nc1ccc(Br)cc1. The Bertz CT molecular complexity index is 530. The summed E-state index contributed by atoms with van der Waals surface area (Å²) in [6, 6.07) is 11.3. The molecule has 1 aromatic heterocycles. The lowest BCUT2D eigenvalue weighted by Crippen LogP contribution is -1.97. The highest BCUT2D eigenvalue weighted by molar-refractivity contribution is 9.10. The van der Waals surface area contributed by atoms with Crippen LogP contribution in [0.3, 0.4) is 0 Å². The van der Waals surface area contributed by atoms with Crippen LogP contribution in [0.2, 0.25) is 0 Å². The fourth-order valence-electron chi connectivity index (χ4n) is 1.18. The van der Waals surface area contributed by atoms with Crippen LogP contribution in [0.5, 0.6) is 0 Å². The summed E-state index contributed by atoms with van der Waals surface area (Å²) in [5.41, 5.74) is 1.33. The topological polar surface area (TPSA) is 61.6 Å². The second-order valence-electron chi connectivity index (χ2n) is 3.04. The van der Waals surface area contributed by atoms with E-state index in [9.17, 15) is 0 Å². The fraction of sp³-hybridized carbons (Fsp3) is 0. The van der Waals surface area contributed by atoms with Gasteiger partial charge in [-0.1, -0.05) is 15.9 Å². The van der Waals surface area contributed by atoms with Crippen molar-refractivity contribution < 1.29 is 0 Å². The van der Waals surface area contributed by atoms with Crippen molar-refractivity contribution in [2.24, 2.45) is 0 Å². The number of anilines is 2. The lowest BCUT2D eigenvalue weighted by atomic mass is 10.3. The summed E-state index contributed by atoms with van der Waals surface area (Å²) in [6.07, 6.45) is 1.49. The van der Waals surface area contributed by atoms with Gasteiger partial charge in [-0.15, -0.1) is 5.10 Å². The van der Waals surface area contributed by atoms with E-state index in [2.05, 4.69) is 37.5 Å². The van der Waals surface area contributed by atoms with Gasteiger partial charge in [0.1, 0.15) is 6.07 Å². The molecule has 0 radical (unpaired) electrons. The van der Waals surface area contributed by atoms with Crippen molar-refractivity contribution in [3.8, 4) is 6.07 Å². The molecule has 78 valence electrons. The molecule has 0 aliphatic carbocycles. The third-order valence-electron chi connectivity index (χ3n) is 1.95. The van der Waals surface area contributed by atoms with E-state index in [1.165, 1.54) is 6.20 Å². The molecule has 1 aromatic carbocycles. The standard InChI is InChI=1S/C11H7BrN4/c12-9-1-3-10(4-2-9)15-11-8(7-13)5-6-14-16-11/h1-6H,(H,15,16). The number of halogens is 1. The normalized spacial score (nSPS) is 9.50. The minimum absolute atomic E-state index is 0.465. The van der Waals surface area contributed by atoms with Crippen LogP contribution in [0.4, 0.5) is 11.5 Å². The summed E-state index contributed by atoms with van der Waals surface area (Å²) >= 11 is 3.35. The zero-order valence-corrected chi connectivity index (χ0v) is 9.77. The molecule has 4 nitrogen and oxygen atoms in total. The van der Waals surface area contributed by atoms with Crippen LogP contribution in [-0.4, -0.2) is 10.2 Å². The van der Waals surface area contributed by atoms with Crippen LogP contribution < -0.4 is 5.32 Å². The monoisotopic (exact) mass is 274 g/mol. The van der Waals surface area contributed by atoms with Crippen molar-refractivity contribution in [2.75, 3.05) is 5.32 Å². The number of hydrogen-bond acceptors (Lipinski definition) is 4. The lowest BCUT2D eigenvalue weighted by molar-refractivity contribution is 1.03. The number of hydrogen-bond donors (Lipinski definition) is 1. The van der Waals surface area contributed by atoms with Crippen LogP contribution >= 0.6 is 15.9 Å². The Hall–Kier alpha value is -1.93. The first-order valence-corrected chi connectivity index (χ1v) is 5.33. The van der Waals surface area contributed by atoms with Crippen LogP contribution in [0, 0.1) is 11.3 Å². The maximum absolute atomic E-state index is 8.88. The molecule has 0 bridgehead atoms. The van der Waals surface area contributed by atoms with Crippen molar-refractivity contribution in [2.45, 2.75) is 0 Å². The van der Waals surface area contributed by atoms with Crippen LogP contribution in [-0.2, 0) is 0 Å². The van der Waals surface area contributed by atoms with Crippen molar-refractivity contribution in [3.05, 3.63) is 46.6 Å². The Labute approximate surface area is 101 Å². The average Bonchev–Trinajstić information content (AvgIpc) is 2.33. The summed E-state index contributed by atoms with van der Waals surface area (Å²) in [6.45, 7) is 0. The maximum Gasteiger partial charge on any atom is 0.171 e. The highest BCUT2D eigenvalue weighted by atomic mass is 79.9. The predicted octanol–water partition coefficient (Wildman–Crippen LogP) is 2.85. The number of rotatable bonds is 2. The van der Waals surface area contributed by atoms with Gasteiger partial charge in [-0.05, 0) is 30.3 Å². The van der Waals surface area contributed by atoms with Gasteiger partial charge in [-0.2, -0.15) is 10.4 Å². The van der Waals surface area contributed by atoms with E-state index >= 15 is 0 Å². The molecule has 0 spiro atoms. The molecule has 0 unspecified atom stereocenters. The van der Waals surface area contributed by atoms with Crippen LogP contribution in [0.15, 0.2) is 41.0 Å². The Morgan fingerprint density at radius 1 is 1.19 bits per heavy atom. The van der Waals surface area contributed by atoms with E-state index in [4.69, 9.17) is 5.26 Å². The van der Waals surface area contributed by atoms with E-state index < -0.39 is 0 Å². The summed E-state index contributed by atoms with van der Waals surface area (Å²) in [5.74, 6) is 0.465. The van der Waals surface area contributed by atoms with Crippen molar-refractivity contribution in [1.82, 2.24) is 10.2 Å². The summed E-state index contributed by atoms with van der Waals surface area (Å²) < 4.78 is 0.998. The molecule has 0 amide bonds. The first kappa shape index (κ1) is 10.6. The Kier molecular flexibility index (Phi) is 3.13. The highest BCUT2D eigenvalue weighted by Crippen LogP contribution is 2.19. The molecule has 0 aliphatic rings. The second kappa shape index (κ2) is 4.73. The third-order valence-corrected chi connectivity index (χ3v) is 2.48. The van der Waals surface area contributed by atoms with Gasteiger partial charge in [0.25, 0.3) is 0 Å². The number of nitrogens with zero attached hydrogens (tertiary/aromatic N) is 3. The molecule has 2 aromatic rings. The third kappa shape index (κ3) is 2.35. The van der Waals surface area contributed by atoms with Gasteiger partial charge in [0, 0.05) is 10.2 Å². The molecule has 0 atom stereocenters. The van der Waals surface area contributed by atoms with Gasteiger partial charge in [0.05, 0.1) is 11.8 Å². The molecule has 0 saturated heterocycles. The zero-order valence-electron chi connectivity index (χ0n) is 8.18.